The van der Waals surface area contributed by atoms with Crippen LogP contribution < -0.4 is 10.1 Å². The Balaban J connectivity index is 1.81. The fourth-order valence-corrected chi connectivity index (χ4v) is 2.73. The van der Waals surface area contributed by atoms with E-state index in [1.54, 1.807) is 13.2 Å². The van der Waals surface area contributed by atoms with E-state index in [0.717, 1.165) is 24.5 Å². The van der Waals surface area contributed by atoms with Gasteiger partial charge in [-0.05, 0) is 24.6 Å². The van der Waals surface area contributed by atoms with Gasteiger partial charge >= 0.3 is 0 Å². The van der Waals surface area contributed by atoms with E-state index in [-0.39, 0.29) is 0 Å². The van der Waals surface area contributed by atoms with Crippen LogP contribution in [0.4, 0.5) is 5.82 Å². The van der Waals surface area contributed by atoms with E-state index in [1.165, 1.54) is 22.8 Å². The number of rotatable bonds is 5. The van der Waals surface area contributed by atoms with E-state index >= 15 is 0 Å². The van der Waals surface area contributed by atoms with Crippen LogP contribution in [-0.2, 0) is 13.5 Å². The van der Waals surface area contributed by atoms with E-state index in [2.05, 4.69) is 38.2 Å². The molecule has 0 aliphatic rings. The van der Waals surface area contributed by atoms with Crippen molar-refractivity contribution >= 4 is 28.3 Å². The van der Waals surface area contributed by atoms with Gasteiger partial charge in [0, 0.05) is 42.3 Å². The third-order valence-electron chi connectivity index (χ3n) is 3.67. The lowest BCUT2D eigenvalue weighted by Crippen LogP contribution is -2.07. The Kier molecular flexibility index (Phi) is 4.15. The van der Waals surface area contributed by atoms with Crippen molar-refractivity contribution in [2.45, 2.75) is 6.42 Å². The highest BCUT2D eigenvalue weighted by Crippen LogP contribution is 2.29. The lowest BCUT2D eigenvalue weighted by Gasteiger charge is -2.11. The zero-order valence-electron chi connectivity index (χ0n) is 12.5. The lowest BCUT2D eigenvalue weighted by atomic mass is 10.1. The number of hydrogen-bond acceptors (Lipinski definition) is 4. The van der Waals surface area contributed by atoms with Gasteiger partial charge in [0.15, 0.2) is 0 Å². The van der Waals surface area contributed by atoms with Gasteiger partial charge in [-0.3, -0.25) is 0 Å². The summed E-state index contributed by atoms with van der Waals surface area (Å²) in [6.07, 6.45) is 4.33. The Bertz CT molecular complexity index is 800. The fourth-order valence-electron chi connectivity index (χ4n) is 2.59. The van der Waals surface area contributed by atoms with Crippen molar-refractivity contribution in [3.8, 4) is 5.75 Å². The molecule has 0 fully saturated rings. The molecular weight excluding hydrogens is 300 g/mol. The van der Waals surface area contributed by atoms with Crippen LogP contribution >= 0.6 is 11.6 Å². The van der Waals surface area contributed by atoms with Gasteiger partial charge in [-0.25, -0.2) is 9.97 Å². The van der Waals surface area contributed by atoms with Crippen LogP contribution in [0.2, 0.25) is 5.15 Å². The number of ether oxygens (including phenoxy) is 1. The molecule has 6 heteroatoms. The number of methoxy groups -OCH3 is 1. The van der Waals surface area contributed by atoms with Crippen molar-refractivity contribution in [3.63, 3.8) is 0 Å². The molecule has 1 N–H and O–H groups in total. The summed E-state index contributed by atoms with van der Waals surface area (Å²) in [7, 11) is 3.74. The average molecular weight is 317 g/mol. The van der Waals surface area contributed by atoms with Crippen LogP contribution in [0.3, 0.4) is 0 Å². The number of nitrogens with zero attached hydrogens (tertiary/aromatic N) is 3. The van der Waals surface area contributed by atoms with Crippen molar-refractivity contribution in [2.75, 3.05) is 19.0 Å². The Morgan fingerprint density at radius 3 is 2.91 bits per heavy atom. The van der Waals surface area contributed by atoms with Crippen LogP contribution in [0, 0.1) is 0 Å². The summed E-state index contributed by atoms with van der Waals surface area (Å²) in [4.78, 5) is 8.01. The molecule has 2 aromatic heterocycles. The summed E-state index contributed by atoms with van der Waals surface area (Å²) in [6, 6.07) is 7.92. The highest BCUT2D eigenvalue weighted by atomic mass is 35.5. The number of nitrogens with one attached hydrogen (secondary N) is 1. The monoisotopic (exact) mass is 316 g/mol. The van der Waals surface area contributed by atoms with Gasteiger partial charge in [0.2, 0.25) is 0 Å². The Morgan fingerprint density at radius 1 is 1.27 bits per heavy atom. The Hall–Kier alpha value is -2.27. The maximum atomic E-state index is 5.86. The minimum Gasteiger partial charge on any atom is -0.496 e. The van der Waals surface area contributed by atoms with Gasteiger partial charge in [0.1, 0.15) is 23.0 Å². The Labute approximate surface area is 133 Å². The number of benzene rings is 1. The summed E-state index contributed by atoms with van der Waals surface area (Å²) in [5, 5.41) is 4.90. The Morgan fingerprint density at radius 2 is 2.14 bits per heavy atom. The zero-order valence-corrected chi connectivity index (χ0v) is 13.3. The second kappa shape index (κ2) is 6.23. The van der Waals surface area contributed by atoms with Gasteiger partial charge in [-0.2, -0.15) is 0 Å². The molecule has 22 heavy (non-hydrogen) atoms. The predicted molar refractivity (Wildman–Crippen MR) is 88.7 cm³/mol. The zero-order chi connectivity index (χ0) is 15.5. The SMILES string of the molecule is COc1ccc2c(ccn2C)c1CCNc1cc(Cl)ncn1. The van der Waals surface area contributed by atoms with E-state index < -0.39 is 0 Å². The van der Waals surface area contributed by atoms with Crippen LogP contribution in [0.25, 0.3) is 10.9 Å². The minimum absolute atomic E-state index is 0.431. The molecule has 0 bridgehead atoms. The largest absolute Gasteiger partial charge is 0.496 e. The first kappa shape index (κ1) is 14.7. The lowest BCUT2D eigenvalue weighted by molar-refractivity contribution is 0.411. The van der Waals surface area contributed by atoms with Gasteiger partial charge < -0.3 is 14.6 Å². The molecule has 114 valence electrons. The third-order valence-corrected chi connectivity index (χ3v) is 3.88. The molecular formula is C16H17ClN4O. The fraction of sp³-hybridized carbons (Fsp3) is 0.250. The molecule has 0 atom stereocenters. The molecule has 0 saturated carbocycles. The van der Waals surface area contributed by atoms with Crippen LogP contribution in [0.15, 0.2) is 36.8 Å². The number of hydrogen-bond donors (Lipinski definition) is 1. The second-order valence-corrected chi connectivity index (χ2v) is 5.40. The number of aromatic nitrogens is 3. The normalized spacial score (nSPS) is 10.9. The van der Waals surface area contributed by atoms with Gasteiger partial charge in [-0.1, -0.05) is 11.6 Å². The molecule has 0 saturated heterocycles. The predicted octanol–water partition coefficient (Wildman–Crippen LogP) is 3.28. The highest BCUT2D eigenvalue weighted by Gasteiger charge is 2.10. The molecule has 0 aliphatic carbocycles. The van der Waals surface area contributed by atoms with Gasteiger partial charge in [-0.15, -0.1) is 0 Å². The average Bonchev–Trinajstić information content (AvgIpc) is 2.89. The number of aryl methyl sites for hydroxylation is 1. The quantitative estimate of drug-likeness (QED) is 0.734. The molecule has 5 nitrogen and oxygen atoms in total. The van der Waals surface area contributed by atoms with Crippen molar-refractivity contribution in [1.29, 1.82) is 0 Å². The second-order valence-electron chi connectivity index (χ2n) is 5.01. The van der Waals surface area contributed by atoms with E-state index in [0.29, 0.717) is 5.15 Å². The summed E-state index contributed by atoms with van der Waals surface area (Å²) >= 11 is 5.86. The van der Waals surface area contributed by atoms with E-state index in [1.807, 2.05) is 13.1 Å². The molecule has 0 radical (unpaired) electrons. The molecule has 1 aromatic carbocycles. The molecule has 0 unspecified atom stereocenters. The van der Waals surface area contributed by atoms with Gasteiger partial charge in [0.05, 0.1) is 7.11 Å². The molecule has 3 rings (SSSR count). The van der Waals surface area contributed by atoms with Crippen LogP contribution in [-0.4, -0.2) is 28.2 Å². The van der Waals surface area contributed by atoms with Crippen molar-refractivity contribution in [1.82, 2.24) is 14.5 Å². The molecule has 0 aliphatic heterocycles. The standard InChI is InChI=1S/C16H17ClN4O/c1-21-8-6-11-12(14(22-2)4-3-13(11)21)5-7-18-16-9-15(17)19-10-20-16/h3-4,6,8-10H,5,7H2,1-2H3,(H,18,19,20). The first-order valence-electron chi connectivity index (χ1n) is 7.01. The topological polar surface area (TPSA) is 52.0 Å². The first-order chi connectivity index (χ1) is 10.7. The van der Waals surface area contributed by atoms with Crippen molar-refractivity contribution < 1.29 is 4.74 Å². The maximum Gasteiger partial charge on any atom is 0.134 e. The van der Waals surface area contributed by atoms with E-state index in [4.69, 9.17) is 16.3 Å². The summed E-state index contributed by atoms with van der Waals surface area (Å²) < 4.78 is 7.61. The van der Waals surface area contributed by atoms with E-state index in [9.17, 15) is 0 Å². The summed E-state index contributed by atoms with van der Waals surface area (Å²) in [5.74, 6) is 1.63. The summed E-state index contributed by atoms with van der Waals surface area (Å²) in [5.41, 5.74) is 2.38. The molecule has 0 amide bonds. The number of halogens is 1. The minimum atomic E-state index is 0.431. The van der Waals surface area contributed by atoms with Gasteiger partial charge in [0.25, 0.3) is 0 Å². The smallest absolute Gasteiger partial charge is 0.134 e. The summed E-state index contributed by atoms with van der Waals surface area (Å²) in [6.45, 7) is 0.734. The molecule has 0 spiro atoms. The van der Waals surface area contributed by atoms with Crippen molar-refractivity contribution in [3.05, 3.63) is 47.5 Å². The maximum absolute atomic E-state index is 5.86. The highest BCUT2D eigenvalue weighted by molar-refractivity contribution is 6.29. The number of anilines is 1. The van der Waals surface area contributed by atoms with Crippen LogP contribution in [0.1, 0.15) is 5.56 Å². The molecule has 2 heterocycles. The third kappa shape index (κ3) is 2.85. The van der Waals surface area contributed by atoms with Crippen molar-refractivity contribution in [2.24, 2.45) is 7.05 Å². The molecule has 3 aromatic rings. The first-order valence-corrected chi connectivity index (χ1v) is 7.39. The number of fused-ring (bicyclic) bond motifs is 1. The van der Waals surface area contributed by atoms with Crippen LogP contribution in [0.5, 0.6) is 5.75 Å².